The van der Waals surface area contributed by atoms with E-state index in [1.807, 2.05) is 37.4 Å². The number of aromatic amines is 1. The molecular formula is C24H23Cl2N7O3. The van der Waals surface area contributed by atoms with Gasteiger partial charge in [0.15, 0.2) is 4.84 Å². The van der Waals surface area contributed by atoms with Gasteiger partial charge in [-0.1, -0.05) is 41.4 Å². The number of alkyl halides is 2. The van der Waals surface area contributed by atoms with Gasteiger partial charge in [-0.3, -0.25) is 15.1 Å². The van der Waals surface area contributed by atoms with E-state index in [1.165, 1.54) is 17.3 Å². The number of hydrogen-bond donors (Lipinski definition) is 2. The first kappa shape index (κ1) is 25.2. The molecule has 4 rings (SSSR count). The lowest BCUT2D eigenvalue weighted by Gasteiger charge is -2.14. The maximum absolute atomic E-state index is 12.3. The minimum atomic E-state index is -1.26. The van der Waals surface area contributed by atoms with Gasteiger partial charge < -0.3 is 15.0 Å². The molecule has 0 unspecified atom stereocenters. The molecule has 0 spiro atoms. The number of ether oxygens (including phenoxy) is 1. The van der Waals surface area contributed by atoms with Crippen LogP contribution in [0.3, 0.4) is 0 Å². The molecule has 0 fully saturated rings. The first-order valence-electron chi connectivity index (χ1n) is 11.1. The van der Waals surface area contributed by atoms with Crippen LogP contribution in [-0.4, -0.2) is 48.4 Å². The zero-order valence-corrected chi connectivity index (χ0v) is 20.8. The van der Waals surface area contributed by atoms with Crippen LogP contribution in [0.1, 0.15) is 12.5 Å². The lowest BCUT2D eigenvalue weighted by Crippen LogP contribution is -2.25. The van der Waals surface area contributed by atoms with Crippen LogP contribution in [0.15, 0.2) is 78.1 Å². The third kappa shape index (κ3) is 5.84. The second kappa shape index (κ2) is 11.7. The number of nitrogens with zero attached hydrogens (tertiary/aromatic N) is 5. The second-order valence-electron chi connectivity index (χ2n) is 7.55. The highest BCUT2D eigenvalue weighted by Gasteiger charge is 2.32. The van der Waals surface area contributed by atoms with Gasteiger partial charge in [0, 0.05) is 29.3 Å². The minimum absolute atomic E-state index is 0.00111. The van der Waals surface area contributed by atoms with Crippen LogP contribution < -0.4 is 10.1 Å². The van der Waals surface area contributed by atoms with E-state index in [4.69, 9.17) is 27.9 Å². The Morgan fingerprint density at radius 2 is 2.03 bits per heavy atom. The first-order chi connectivity index (χ1) is 17.5. The molecule has 2 heterocycles. The van der Waals surface area contributed by atoms with Crippen molar-refractivity contribution in [3.05, 3.63) is 88.8 Å². The third-order valence-electron chi connectivity index (χ3n) is 5.27. The Balaban J connectivity index is 1.69. The number of anilines is 1. The van der Waals surface area contributed by atoms with E-state index in [0.29, 0.717) is 24.5 Å². The van der Waals surface area contributed by atoms with Crippen LogP contribution in [0.2, 0.25) is 0 Å². The quantitative estimate of drug-likeness (QED) is 0.120. The molecule has 2 N–H and O–H groups in total. The van der Waals surface area contributed by atoms with E-state index in [-0.39, 0.29) is 18.1 Å². The molecule has 186 valence electrons. The molecule has 0 radical (unpaired) electrons. The number of para-hydroxylation sites is 1. The van der Waals surface area contributed by atoms with Crippen LogP contribution in [0, 0.1) is 10.1 Å². The lowest BCUT2D eigenvalue weighted by atomic mass is 10.1. The molecule has 0 saturated heterocycles. The number of aliphatic imine (C=N–C) groups is 1. The molecule has 2 aromatic heterocycles. The van der Waals surface area contributed by atoms with E-state index >= 15 is 0 Å². The highest BCUT2D eigenvalue weighted by molar-refractivity contribution is 6.56. The van der Waals surface area contributed by atoms with Crippen molar-refractivity contribution < 1.29 is 9.66 Å². The SMILES string of the molecule is CCOc1ccc(N/C(=C(\C(=NCCc2c[nH]c3ccccc23)C(Cl)Cl)[N+](=O)[O-])n2cncn2)cc1. The maximum Gasteiger partial charge on any atom is 0.335 e. The second-order valence-corrected chi connectivity index (χ2v) is 8.65. The van der Waals surface area contributed by atoms with Crippen LogP contribution in [0.25, 0.3) is 16.7 Å². The molecule has 0 atom stereocenters. The summed E-state index contributed by atoms with van der Waals surface area (Å²) in [6.45, 7) is 2.64. The van der Waals surface area contributed by atoms with Gasteiger partial charge in [0.05, 0.1) is 11.5 Å². The molecule has 0 aliphatic heterocycles. The van der Waals surface area contributed by atoms with Crippen molar-refractivity contribution in [1.29, 1.82) is 0 Å². The summed E-state index contributed by atoms with van der Waals surface area (Å²) in [6.07, 6.45) is 5.03. The molecule has 0 bridgehead atoms. The van der Waals surface area contributed by atoms with Gasteiger partial charge in [-0.05, 0) is 49.2 Å². The predicted octanol–water partition coefficient (Wildman–Crippen LogP) is 5.16. The minimum Gasteiger partial charge on any atom is -0.494 e. The van der Waals surface area contributed by atoms with Crippen LogP contribution >= 0.6 is 23.2 Å². The summed E-state index contributed by atoms with van der Waals surface area (Å²) in [7, 11) is 0. The smallest absolute Gasteiger partial charge is 0.335 e. The summed E-state index contributed by atoms with van der Waals surface area (Å²) < 4.78 is 6.70. The molecule has 0 aliphatic carbocycles. The fraction of sp³-hybridized carbons (Fsp3) is 0.208. The Bertz CT molecular complexity index is 1380. The van der Waals surface area contributed by atoms with E-state index < -0.39 is 15.5 Å². The summed E-state index contributed by atoms with van der Waals surface area (Å²) in [6, 6.07) is 14.8. The molecular weight excluding hydrogens is 505 g/mol. The number of H-pyrrole nitrogens is 1. The number of halogens is 2. The number of benzene rings is 2. The van der Waals surface area contributed by atoms with Crippen LogP contribution in [-0.2, 0) is 6.42 Å². The zero-order chi connectivity index (χ0) is 25.5. The molecule has 0 aliphatic rings. The summed E-state index contributed by atoms with van der Waals surface area (Å²) in [5.41, 5.74) is 2.09. The van der Waals surface area contributed by atoms with E-state index in [0.717, 1.165) is 16.5 Å². The fourth-order valence-corrected chi connectivity index (χ4v) is 4.02. The monoisotopic (exact) mass is 527 g/mol. The van der Waals surface area contributed by atoms with Gasteiger partial charge in [0.2, 0.25) is 5.82 Å². The number of hydrogen-bond acceptors (Lipinski definition) is 7. The summed E-state index contributed by atoms with van der Waals surface area (Å²) in [4.78, 5) is 22.0. The van der Waals surface area contributed by atoms with E-state index in [1.54, 1.807) is 24.3 Å². The molecule has 10 nitrogen and oxygen atoms in total. The molecule has 0 saturated carbocycles. The van der Waals surface area contributed by atoms with Crippen molar-refractivity contribution in [1.82, 2.24) is 19.7 Å². The van der Waals surface area contributed by atoms with Crippen molar-refractivity contribution in [3.8, 4) is 5.75 Å². The highest BCUT2D eigenvalue weighted by Crippen LogP contribution is 2.24. The summed E-state index contributed by atoms with van der Waals surface area (Å²) in [5.74, 6) is 0.670. The number of nitro groups is 1. The van der Waals surface area contributed by atoms with E-state index in [9.17, 15) is 10.1 Å². The van der Waals surface area contributed by atoms with Crippen molar-refractivity contribution in [2.24, 2.45) is 4.99 Å². The Labute approximate surface area is 216 Å². The van der Waals surface area contributed by atoms with Crippen molar-refractivity contribution in [2.45, 2.75) is 18.2 Å². The lowest BCUT2D eigenvalue weighted by molar-refractivity contribution is -0.414. The number of allylic oxidation sites excluding steroid dienone is 1. The molecule has 2 aromatic carbocycles. The van der Waals surface area contributed by atoms with Gasteiger partial charge in [0.1, 0.15) is 24.1 Å². The molecule has 4 aromatic rings. The standard InChI is InChI=1S/C24H23Cl2N7O3/c1-2-36-18-9-7-17(8-10-18)31-24(32-15-27-14-30-32)22(33(34)35)21(23(25)26)28-12-11-16-13-29-20-6-4-3-5-19(16)20/h3-10,13-15,23,29,31H,2,11-12H2,1H3/b24-22-,28-21?. The Kier molecular flexibility index (Phi) is 8.19. The topological polar surface area (TPSA) is 123 Å². The van der Waals surface area contributed by atoms with Gasteiger partial charge in [-0.25, -0.2) is 4.98 Å². The fourth-order valence-electron chi connectivity index (χ4n) is 3.67. The molecule has 12 heteroatoms. The number of fused-ring (bicyclic) bond motifs is 1. The van der Waals surface area contributed by atoms with Crippen LogP contribution in [0.4, 0.5) is 5.69 Å². The number of nitrogens with one attached hydrogen (secondary N) is 2. The third-order valence-corrected chi connectivity index (χ3v) is 5.68. The summed E-state index contributed by atoms with van der Waals surface area (Å²) in [5, 5.41) is 20.5. The predicted molar refractivity (Wildman–Crippen MR) is 141 cm³/mol. The maximum atomic E-state index is 12.3. The summed E-state index contributed by atoms with van der Waals surface area (Å²) >= 11 is 12.4. The highest BCUT2D eigenvalue weighted by atomic mass is 35.5. The van der Waals surface area contributed by atoms with Crippen molar-refractivity contribution in [2.75, 3.05) is 18.5 Å². The Morgan fingerprint density at radius 3 is 2.69 bits per heavy atom. The van der Waals surface area contributed by atoms with Gasteiger partial charge in [0.25, 0.3) is 0 Å². The number of aromatic nitrogens is 4. The Morgan fingerprint density at radius 1 is 1.25 bits per heavy atom. The van der Waals surface area contributed by atoms with Gasteiger partial charge in [-0.2, -0.15) is 9.78 Å². The average molecular weight is 528 g/mol. The Hall–Kier alpha value is -3.89. The van der Waals surface area contributed by atoms with E-state index in [2.05, 4.69) is 25.4 Å². The van der Waals surface area contributed by atoms with Crippen molar-refractivity contribution >= 4 is 51.3 Å². The van der Waals surface area contributed by atoms with Crippen LogP contribution in [0.5, 0.6) is 5.75 Å². The van der Waals surface area contributed by atoms with Gasteiger partial charge >= 0.3 is 5.70 Å². The van der Waals surface area contributed by atoms with Crippen molar-refractivity contribution in [3.63, 3.8) is 0 Å². The molecule has 36 heavy (non-hydrogen) atoms. The largest absolute Gasteiger partial charge is 0.494 e. The zero-order valence-electron chi connectivity index (χ0n) is 19.3. The first-order valence-corrected chi connectivity index (χ1v) is 12.0. The average Bonchev–Trinajstić information content (AvgIpc) is 3.54. The normalized spacial score (nSPS) is 12.6. The van der Waals surface area contributed by atoms with Gasteiger partial charge in [-0.15, -0.1) is 0 Å². The molecule has 0 amide bonds. The number of rotatable bonds is 11.